The highest BCUT2D eigenvalue weighted by Crippen LogP contribution is 2.19. The number of halogens is 6. The van der Waals surface area contributed by atoms with Crippen molar-refractivity contribution in [2.45, 2.75) is 49.0 Å². The number of esters is 4. The molecule has 0 atom stereocenters. The molecule has 262 valence electrons. The molecule has 0 saturated carbocycles. The van der Waals surface area contributed by atoms with Crippen molar-refractivity contribution in [3.63, 3.8) is 0 Å². The van der Waals surface area contributed by atoms with Gasteiger partial charge < -0.3 is 19.3 Å². The van der Waals surface area contributed by atoms with Crippen LogP contribution in [0.5, 0.6) is 11.5 Å². The fraction of sp³-hybridized carbons (Fsp3) is 0.312. The average Bonchev–Trinajstić information content (AvgIpc) is 3.61. The van der Waals surface area contributed by atoms with Crippen LogP contribution in [-0.4, -0.2) is 50.4 Å². The van der Waals surface area contributed by atoms with Crippen LogP contribution in [0.3, 0.4) is 0 Å². The van der Waals surface area contributed by atoms with E-state index in [-0.39, 0.29) is 13.2 Å². The van der Waals surface area contributed by atoms with Crippen molar-refractivity contribution in [1.82, 2.24) is 0 Å². The fourth-order valence-electron chi connectivity index (χ4n) is 2.65. The Hall–Kier alpha value is -4.88. The molecule has 0 radical (unpaired) electrons. The van der Waals surface area contributed by atoms with Crippen LogP contribution < -0.4 is 4.74 Å². The molecule has 2 aliphatic heterocycles. The molecular formula is C32H44F6O8. The summed E-state index contributed by atoms with van der Waals surface area (Å²) in [6.45, 7) is 12.0. The van der Waals surface area contributed by atoms with E-state index in [1.807, 2.05) is 41.5 Å². The summed E-state index contributed by atoms with van der Waals surface area (Å²) in [5.74, 6) is -1.18. The van der Waals surface area contributed by atoms with Gasteiger partial charge in [-0.3, -0.25) is 8.78 Å². The quantitative estimate of drug-likeness (QED) is 0.155. The molecule has 0 amide bonds. The first-order valence-corrected chi connectivity index (χ1v) is 13.0. The van der Waals surface area contributed by atoms with E-state index in [0.717, 1.165) is 5.75 Å². The summed E-state index contributed by atoms with van der Waals surface area (Å²) >= 11 is 0. The molecule has 3 aromatic rings. The Balaban J connectivity index is -0.000000109. The van der Waals surface area contributed by atoms with E-state index in [1.165, 1.54) is 0 Å². The van der Waals surface area contributed by atoms with Crippen molar-refractivity contribution in [2.75, 3.05) is 21.5 Å². The van der Waals surface area contributed by atoms with Crippen molar-refractivity contribution in [3.05, 3.63) is 95.1 Å². The number of alkyl halides is 2. The zero-order valence-electron chi connectivity index (χ0n) is 26.5. The van der Waals surface area contributed by atoms with Crippen LogP contribution in [-0.2, 0) is 9.47 Å². The Morgan fingerprint density at radius 2 is 0.717 bits per heavy atom. The van der Waals surface area contributed by atoms with Crippen molar-refractivity contribution in [3.8, 4) is 11.5 Å². The molecule has 0 saturated heterocycles. The average molecular weight is 671 g/mol. The lowest BCUT2D eigenvalue weighted by molar-refractivity contribution is 0.0425. The number of cyclic esters (lactones) is 4. The Labute approximate surface area is 266 Å². The molecule has 2 heterocycles. The number of fused-ring (bicyclic) bond motifs is 2. The summed E-state index contributed by atoms with van der Waals surface area (Å²) in [5.41, 5.74) is 1.44. The topological polar surface area (TPSA) is 116 Å². The highest BCUT2D eigenvalue weighted by atomic mass is 20.0. The van der Waals surface area contributed by atoms with Gasteiger partial charge in [0.15, 0.2) is 0 Å². The molecule has 0 spiro atoms. The summed E-state index contributed by atoms with van der Waals surface area (Å²) in [7, 11) is 2.59. The van der Waals surface area contributed by atoms with Gasteiger partial charge >= 0.3 is 23.9 Å². The van der Waals surface area contributed by atoms with Gasteiger partial charge in [0.25, 0.3) is 0 Å². The maximum absolute atomic E-state index is 10.8. The van der Waals surface area contributed by atoms with Gasteiger partial charge in [0, 0.05) is 18.3 Å². The number of aromatic hydroxyl groups is 1. The molecule has 0 aromatic heterocycles. The Kier molecular flexibility index (Phi) is 44.5. The molecule has 5 rings (SSSR count). The van der Waals surface area contributed by atoms with E-state index >= 15 is 0 Å². The van der Waals surface area contributed by atoms with Gasteiger partial charge in [-0.15, -0.1) is 0 Å². The minimum absolute atomic E-state index is 0. The van der Waals surface area contributed by atoms with Crippen LogP contribution in [0.4, 0.5) is 27.1 Å². The highest BCUT2D eigenvalue weighted by molar-refractivity contribution is 6.15. The standard InChI is InChI=1S/2C8H4O3.C7H8O2.3C2H6.2CH3F.CH4.2F2/c2*9-7-5-3-1-2-4-6(5)8(10)11-7;1-9-7-4-2-6(8)3-5-7;5*1-2;;2*1-2/h2*1-4H;2-5,8H,1H3;3*1-2H3;2*1H3;1H4;;. The molecule has 46 heavy (non-hydrogen) atoms. The van der Waals surface area contributed by atoms with Crippen LogP contribution >= 0.6 is 0 Å². The maximum Gasteiger partial charge on any atom is 0.346 e. The molecule has 3 aromatic carbocycles. The van der Waals surface area contributed by atoms with Crippen LogP contribution in [0.2, 0.25) is 0 Å². The second-order valence-corrected chi connectivity index (χ2v) is 6.14. The Morgan fingerprint density at radius 3 is 0.913 bits per heavy atom. The summed E-state index contributed by atoms with van der Waals surface area (Å²) < 4.78 is 64.6. The third kappa shape index (κ3) is 20.1. The van der Waals surface area contributed by atoms with Crippen molar-refractivity contribution < 1.29 is 65.6 Å². The molecule has 2 aliphatic rings. The number of ether oxygens (including phenoxy) is 3. The molecule has 14 heteroatoms. The first-order chi connectivity index (χ1) is 21.9. The van der Waals surface area contributed by atoms with Crippen LogP contribution in [0, 0.1) is 0 Å². The van der Waals surface area contributed by atoms with Crippen molar-refractivity contribution >= 4 is 23.9 Å². The smallest absolute Gasteiger partial charge is 0.346 e. The molecule has 0 aliphatic carbocycles. The predicted octanol–water partition coefficient (Wildman–Crippen LogP) is 9.96. The van der Waals surface area contributed by atoms with Crippen molar-refractivity contribution in [2.24, 2.45) is 0 Å². The van der Waals surface area contributed by atoms with Gasteiger partial charge in [-0.1, -0.05) is 73.2 Å². The van der Waals surface area contributed by atoms with Crippen LogP contribution in [0.1, 0.15) is 90.4 Å². The summed E-state index contributed by atoms with van der Waals surface area (Å²) in [6.07, 6.45) is 0. The highest BCUT2D eigenvalue weighted by Gasteiger charge is 2.29. The summed E-state index contributed by atoms with van der Waals surface area (Å²) in [4.78, 5) is 43.3. The van der Waals surface area contributed by atoms with E-state index in [1.54, 1.807) is 79.9 Å². The molecule has 0 fully saturated rings. The van der Waals surface area contributed by atoms with Gasteiger partial charge in [0.1, 0.15) is 11.5 Å². The number of phenols is 1. The van der Waals surface area contributed by atoms with E-state index in [9.17, 15) is 28.0 Å². The third-order valence-corrected chi connectivity index (χ3v) is 4.18. The Bertz CT molecular complexity index is 1040. The lowest BCUT2D eigenvalue weighted by atomic mass is 10.1. The lowest BCUT2D eigenvalue weighted by Gasteiger charge is -1.96. The number of phenolic OH excluding ortho intramolecular Hbond substituents is 1. The van der Waals surface area contributed by atoms with Gasteiger partial charge in [-0.05, 0) is 48.5 Å². The van der Waals surface area contributed by atoms with Gasteiger partial charge in [0.05, 0.1) is 43.7 Å². The fourth-order valence-corrected chi connectivity index (χ4v) is 2.65. The van der Waals surface area contributed by atoms with E-state index in [4.69, 9.17) is 28.1 Å². The number of carbonyl (C=O) groups excluding carboxylic acids is 4. The van der Waals surface area contributed by atoms with Crippen LogP contribution in [0.25, 0.3) is 0 Å². The molecule has 0 unspecified atom stereocenters. The number of methoxy groups -OCH3 is 1. The molecule has 0 bridgehead atoms. The first-order valence-electron chi connectivity index (χ1n) is 13.0. The number of hydrogen-bond acceptors (Lipinski definition) is 8. The number of carbonyl (C=O) groups is 4. The summed E-state index contributed by atoms with van der Waals surface area (Å²) in [5, 5.41) is 8.80. The largest absolute Gasteiger partial charge is 0.508 e. The maximum atomic E-state index is 10.8. The zero-order chi connectivity index (χ0) is 36.4. The second kappa shape index (κ2) is 38.1. The zero-order valence-corrected chi connectivity index (χ0v) is 26.5. The Morgan fingerprint density at radius 1 is 0.500 bits per heavy atom. The molecule has 8 nitrogen and oxygen atoms in total. The second-order valence-electron chi connectivity index (χ2n) is 6.14. The monoisotopic (exact) mass is 670 g/mol. The van der Waals surface area contributed by atoms with E-state index < -0.39 is 23.9 Å². The minimum atomic E-state index is -0.550. The van der Waals surface area contributed by atoms with Crippen LogP contribution in [0.15, 0.2) is 72.8 Å². The molecular weight excluding hydrogens is 626 g/mol. The van der Waals surface area contributed by atoms with Crippen molar-refractivity contribution in [1.29, 1.82) is 0 Å². The first kappa shape index (κ1) is 53.7. The van der Waals surface area contributed by atoms with E-state index in [2.05, 4.69) is 9.47 Å². The summed E-state index contributed by atoms with van der Waals surface area (Å²) in [6, 6.07) is 19.6. The van der Waals surface area contributed by atoms with Gasteiger partial charge in [-0.25, -0.2) is 19.2 Å². The molecule has 1 N–H and O–H groups in total. The normalized spacial score (nSPS) is 9.63. The SMILES string of the molecule is C.CC.CC.CC.CF.CF.COc1ccc(O)cc1.FF.FF.O=C1OC(=O)c2ccccc21.O=C1OC(=O)c2ccccc21. The van der Waals surface area contributed by atoms with Gasteiger partial charge in [0.2, 0.25) is 0 Å². The number of benzene rings is 3. The van der Waals surface area contributed by atoms with Gasteiger partial charge in [-0.2, -0.15) is 0 Å². The predicted molar refractivity (Wildman–Crippen MR) is 166 cm³/mol. The number of rotatable bonds is 1. The number of hydrogen-bond donors (Lipinski definition) is 1. The minimum Gasteiger partial charge on any atom is -0.508 e. The lowest BCUT2D eigenvalue weighted by Crippen LogP contribution is -1.96. The third-order valence-electron chi connectivity index (χ3n) is 4.18. The van der Waals surface area contributed by atoms with E-state index in [0.29, 0.717) is 36.6 Å².